The van der Waals surface area contributed by atoms with E-state index in [0.717, 1.165) is 12.0 Å². The van der Waals surface area contributed by atoms with Crippen LogP contribution >= 0.6 is 0 Å². The van der Waals surface area contributed by atoms with Gasteiger partial charge in [-0.1, -0.05) is 57.2 Å². The van der Waals surface area contributed by atoms with Crippen LogP contribution in [0.25, 0.3) is 6.08 Å². The molecule has 1 aromatic heterocycles. The van der Waals surface area contributed by atoms with Crippen molar-refractivity contribution < 1.29 is 9.90 Å². The largest absolute Gasteiger partial charge is 0.477 e. The molecule has 1 heterocycles. The monoisotopic (exact) mass is 261 g/mol. The molecule has 0 bridgehead atoms. The van der Waals surface area contributed by atoms with Crippen molar-refractivity contribution in [2.75, 3.05) is 0 Å². The minimum atomic E-state index is -0.984. The molecule has 0 saturated heterocycles. The standard InChI is InChI=1S/C16H23NO2/c1-2-3-4-5-6-7-8-9-10-14-11-12-15(16(18)19)17-13-14/h9-13H,2-8H2,1H3,(H,18,19)/b10-9+. The zero-order chi connectivity index (χ0) is 13.9. The van der Waals surface area contributed by atoms with Gasteiger partial charge in [0.05, 0.1) is 0 Å². The Labute approximate surface area is 115 Å². The van der Waals surface area contributed by atoms with E-state index in [9.17, 15) is 4.79 Å². The Bertz CT molecular complexity index is 396. The summed E-state index contributed by atoms with van der Waals surface area (Å²) >= 11 is 0. The van der Waals surface area contributed by atoms with Gasteiger partial charge in [-0.15, -0.1) is 0 Å². The lowest BCUT2D eigenvalue weighted by Crippen LogP contribution is -1.98. The van der Waals surface area contributed by atoms with Crippen LogP contribution in [0.1, 0.15) is 67.9 Å². The van der Waals surface area contributed by atoms with Gasteiger partial charge in [0.1, 0.15) is 5.69 Å². The Morgan fingerprint density at radius 1 is 1.21 bits per heavy atom. The summed E-state index contributed by atoms with van der Waals surface area (Å²) in [7, 11) is 0. The van der Waals surface area contributed by atoms with Crippen molar-refractivity contribution in [3.05, 3.63) is 35.7 Å². The molecule has 1 rings (SSSR count). The van der Waals surface area contributed by atoms with Crippen LogP contribution in [0.3, 0.4) is 0 Å². The normalized spacial score (nSPS) is 11.0. The minimum absolute atomic E-state index is 0.0908. The van der Waals surface area contributed by atoms with Gasteiger partial charge in [-0.3, -0.25) is 0 Å². The summed E-state index contributed by atoms with van der Waals surface area (Å²) in [6.45, 7) is 2.23. The summed E-state index contributed by atoms with van der Waals surface area (Å²) in [5, 5.41) is 8.73. The zero-order valence-corrected chi connectivity index (χ0v) is 11.6. The van der Waals surface area contributed by atoms with Gasteiger partial charge in [-0.05, 0) is 24.5 Å². The van der Waals surface area contributed by atoms with Crippen LogP contribution < -0.4 is 0 Å². The molecular formula is C16H23NO2. The molecule has 0 amide bonds. The fraction of sp³-hybridized carbons (Fsp3) is 0.500. The number of aromatic nitrogens is 1. The summed E-state index contributed by atoms with van der Waals surface area (Å²) < 4.78 is 0. The fourth-order valence-electron chi connectivity index (χ4n) is 1.89. The number of unbranched alkanes of at least 4 members (excludes halogenated alkanes) is 6. The number of rotatable bonds is 9. The molecule has 0 unspecified atom stereocenters. The van der Waals surface area contributed by atoms with Crippen LogP contribution in [-0.2, 0) is 0 Å². The second kappa shape index (κ2) is 9.31. The number of nitrogens with zero attached hydrogens (tertiary/aromatic N) is 1. The Hall–Kier alpha value is -1.64. The highest BCUT2D eigenvalue weighted by atomic mass is 16.4. The molecule has 19 heavy (non-hydrogen) atoms. The van der Waals surface area contributed by atoms with E-state index in [1.807, 2.05) is 6.08 Å². The summed E-state index contributed by atoms with van der Waals surface area (Å²) in [6.07, 6.45) is 14.6. The molecule has 3 nitrogen and oxygen atoms in total. The summed E-state index contributed by atoms with van der Waals surface area (Å²) in [5.41, 5.74) is 1.05. The van der Waals surface area contributed by atoms with Gasteiger partial charge >= 0.3 is 5.97 Å². The lowest BCUT2D eigenvalue weighted by atomic mass is 10.1. The molecule has 1 aromatic rings. The van der Waals surface area contributed by atoms with Crippen LogP contribution in [0.4, 0.5) is 0 Å². The minimum Gasteiger partial charge on any atom is -0.477 e. The maximum absolute atomic E-state index is 10.6. The van der Waals surface area contributed by atoms with E-state index in [1.54, 1.807) is 12.3 Å². The number of allylic oxidation sites excluding steroid dienone is 1. The first-order valence-electron chi connectivity index (χ1n) is 7.10. The van der Waals surface area contributed by atoms with Crippen molar-refractivity contribution in [1.82, 2.24) is 4.98 Å². The second-order valence-corrected chi connectivity index (χ2v) is 4.74. The third-order valence-corrected chi connectivity index (χ3v) is 3.04. The highest BCUT2D eigenvalue weighted by Gasteiger charge is 2.01. The SMILES string of the molecule is CCCCCCCC/C=C/c1ccc(C(=O)O)nc1. The topological polar surface area (TPSA) is 50.2 Å². The third kappa shape index (κ3) is 6.75. The Morgan fingerprint density at radius 3 is 2.58 bits per heavy atom. The van der Waals surface area contributed by atoms with E-state index < -0.39 is 5.97 Å². The van der Waals surface area contributed by atoms with Gasteiger partial charge in [0, 0.05) is 6.20 Å². The first-order valence-corrected chi connectivity index (χ1v) is 7.10. The highest BCUT2D eigenvalue weighted by molar-refractivity contribution is 5.85. The number of carbonyl (C=O) groups is 1. The maximum Gasteiger partial charge on any atom is 0.354 e. The van der Waals surface area contributed by atoms with Crippen molar-refractivity contribution >= 4 is 12.0 Å². The predicted molar refractivity (Wildman–Crippen MR) is 78.2 cm³/mol. The van der Waals surface area contributed by atoms with Crippen molar-refractivity contribution in [1.29, 1.82) is 0 Å². The van der Waals surface area contributed by atoms with E-state index in [4.69, 9.17) is 5.11 Å². The van der Waals surface area contributed by atoms with Crippen LogP contribution in [-0.4, -0.2) is 16.1 Å². The number of carboxylic acid groups (broad SMARTS) is 1. The number of carboxylic acids is 1. The molecule has 0 aliphatic carbocycles. The molecule has 0 fully saturated rings. The van der Waals surface area contributed by atoms with E-state index in [-0.39, 0.29) is 5.69 Å². The Balaban J connectivity index is 2.20. The van der Waals surface area contributed by atoms with Gasteiger partial charge in [-0.2, -0.15) is 0 Å². The highest BCUT2D eigenvalue weighted by Crippen LogP contribution is 2.09. The average molecular weight is 261 g/mol. The van der Waals surface area contributed by atoms with E-state index >= 15 is 0 Å². The molecule has 0 aliphatic heterocycles. The Kier molecular flexibility index (Phi) is 7.56. The molecule has 0 aliphatic rings. The zero-order valence-electron chi connectivity index (χ0n) is 11.6. The lowest BCUT2D eigenvalue weighted by molar-refractivity contribution is 0.0690. The van der Waals surface area contributed by atoms with E-state index in [2.05, 4.69) is 18.0 Å². The van der Waals surface area contributed by atoms with Crippen LogP contribution in [0.15, 0.2) is 24.4 Å². The maximum atomic E-state index is 10.6. The first kappa shape index (κ1) is 15.4. The molecule has 104 valence electrons. The number of hydrogen-bond acceptors (Lipinski definition) is 2. The Morgan fingerprint density at radius 2 is 1.95 bits per heavy atom. The molecular weight excluding hydrogens is 238 g/mol. The van der Waals surface area contributed by atoms with Gasteiger partial charge in [0.15, 0.2) is 0 Å². The number of hydrogen-bond donors (Lipinski definition) is 1. The smallest absolute Gasteiger partial charge is 0.354 e. The van der Waals surface area contributed by atoms with Crippen LogP contribution in [0, 0.1) is 0 Å². The van der Waals surface area contributed by atoms with Crippen molar-refractivity contribution in [3.63, 3.8) is 0 Å². The summed E-state index contributed by atoms with van der Waals surface area (Å²) in [4.78, 5) is 14.5. The van der Waals surface area contributed by atoms with Gasteiger partial charge in [0.25, 0.3) is 0 Å². The number of pyridine rings is 1. The van der Waals surface area contributed by atoms with Crippen LogP contribution in [0.2, 0.25) is 0 Å². The van der Waals surface area contributed by atoms with Crippen molar-refractivity contribution in [2.45, 2.75) is 51.9 Å². The van der Waals surface area contributed by atoms with E-state index in [0.29, 0.717) is 0 Å². The molecule has 0 spiro atoms. The van der Waals surface area contributed by atoms with Gasteiger partial charge < -0.3 is 5.11 Å². The molecule has 0 aromatic carbocycles. The molecule has 1 N–H and O–H groups in total. The molecule has 0 radical (unpaired) electrons. The van der Waals surface area contributed by atoms with Crippen molar-refractivity contribution in [3.8, 4) is 0 Å². The van der Waals surface area contributed by atoms with Gasteiger partial charge in [-0.25, -0.2) is 9.78 Å². The summed E-state index contributed by atoms with van der Waals surface area (Å²) in [5.74, 6) is -0.984. The summed E-state index contributed by atoms with van der Waals surface area (Å²) in [6, 6.07) is 3.32. The second-order valence-electron chi connectivity index (χ2n) is 4.74. The molecule has 0 saturated carbocycles. The predicted octanol–water partition coefficient (Wildman–Crippen LogP) is 4.54. The fourth-order valence-corrected chi connectivity index (χ4v) is 1.89. The van der Waals surface area contributed by atoms with Crippen LogP contribution in [0.5, 0.6) is 0 Å². The molecule has 0 atom stereocenters. The van der Waals surface area contributed by atoms with Gasteiger partial charge in [0.2, 0.25) is 0 Å². The lowest BCUT2D eigenvalue weighted by Gasteiger charge is -1.98. The first-order chi connectivity index (χ1) is 9.24. The number of aromatic carboxylic acids is 1. The average Bonchev–Trinajstić information content (AvgIpc) is 2.42. The molecule has 3 heteroatoms. The van der Waals surface area contributed by atoms with Crippen molar-refractivity contribution in [2.24, 2.45) is 0 Å². The third-order valence-electron chi connectivity index (χ3n) is 3.04. The quantitative estimate of drug-likeness (QED) is 0.664. The van der Waals surface area contributed by atoms with E-state index in [1.165, 1.54) is 44.6 Å².